The van der Waals surface area contributed by atoms with Crippen molar-refractivity contribution in [2.75, 3.05) is 13.2 Å². The van der Waals surface area contributed by atoms with Crippen molar-refractivity contribution in [3.8, 4) is 0 Å². The van der Waals surface area contributed by atoms with Gasteiger partial charge in [0, 0.05) is 17.6 Å². The van der Waals surface area contributed by atoms with E-state index < -0.39 is 6.04 Å². The Hall–Kier alpha value is -2.51. The van der Waals surface area contributed by atoms with E-state index in [1.807, 2.05) is 0 Å². The summed E-state index contributed by atoms with van der Waals surface area (Å²) in [5.41, 5.74) is 1.07. The van der Waals surface area contributed by atoms with E-state index in [1.165, 1.54) is 12.1 Å². The Morgan fingerprint density at radius 3 is 2.66 bits per heavy atom. The normalized spacial score (nSPS) is 21.2. The van der Waals surface area contributed by atoms with Crippen LogP contribution in [0.15, 0.2) is 56.1 Å². The van der Waals surface area contributed by atoms with E-state index in [-0.39, 0.29) is 29.0 Å². The fourth-order valence-electron chi connectivity index (χ4n) is 4.18. The maximum Gasteiger partial charge on any atom is 0.291 e. The van der Waals surface area contributed by atoms with Crippen LogP contribution < -0.4 is 5.43 Å². The molecule has 5 rings (SSSR count). The lowest BCUT2D eigenvalue weighted by Gasteiger charge is -2.27. The van der Waals surface area contributed by atoms with Gasteiger partial charge in [-0.15, -0.1) is 0 Å². The molecule has 1 saturated heterocycles. The maximum absolute atomic E-state index is 13.5. The Labute approximate surface area is 174 Å². The molecular weight excluding hydrogens is 441 g/mol. The van der Waals surface area contributed by atoms with E-state index in [2.05, 4.69) is 15.9 Å². The molecule has 1 fully saturated rings. The molecule has 29 heavy (non-hydrogen) atoms. The predicted molar refractivity (Wildman–Crippen MR) is 108 cm³/mol. The van der Waals surface area contributed by atoms with Gasteiger partial charge >= 0.3 is 0 Å². The van der Waals surface area contributed by atoms with Crippen molar-refractivity contribution in [3.05, 3.63) is 79.9 Å². The molecule has 0 saturated carbocycles. The number of ether oxygens (including phenoxy) is 1. The second-order valence-corrected chi connectivity index (χ2v) is 8.28. The summed E-state index contributed by atoms with van der Waals surface area (Å²) >= 11 is 3.38. The van der Waals surface area contributed by atoms with Crippen LogP contribution in [0.4, 0.5) is 4.39 Å². The quantitative estimate of drug-likeness (QED) is 0.583. The first kappa shape index (κ1) is 18.5. The van der Waals surface area contributed by atoms with E-state index in [0.29, 0.717) is 35.2 Å². The number of carbonyl (C=O) groups excluding carboxylic acids is 1. The van der Waals surface area contributed by atoms with Gasteiger partial charge in [0.25, 0.3) is 5.91 Å². The Kier molecular flexibility index (Phi) is 4.52. The molecule has 0 radical (unpaired) electrons. The number of rotatable bonds is 3. The fourth-order valence-corrected chi connectivity index (χ4v) is 4.54. The molecule has 0 unspecified atom stereocenters. The smallest absolute Gasteiger partial charge is 0.291 e. The highest BCUT2D eigenvalue weighted by Gasteiger charge is 2.43. The highest BCUT2D eigenvalue weighted by Crippen LogP contribution is 2.39. The second-order valence-electron chi connectivity index (χ2n) is 7.36. The van der Waals surface area contributed by atoms with Crippen LogP contribution in [-0.2, 0) is 4.74 Å². The third kappa shape index (κ3) is 3.09. The largest absolute Gasteiger partial charge is 0.450 e. The summed E-state index contributed by atoms with van der Waals surface area (Å²) < 4.78 is 25.9. The molecule has 2 atom stereocenters. The van der Waals surface area contributed by atoms with Crippen LogP contribution in [0.1, 0.15) is 40.6 Å². The lowest BCUT2D eigenvalue weighted by molar-refractivity contribution is 0.0486. The van der Waals surface area contributed by atoms with Crippen molar-refractivity contribution in [2.45, 2.75) is 25.0 Å². The number of carbonyl (C=O) groups is 1. The molecule has 2 aromatic carbocycles. The summed E-state index contributed by atoms with van der Waals surface area (Å²) in [6.07, 6.45) is 1.71. The highest BCUT2D eigenvalue weighted by atomic mass is 79.9. The third-order valence-electron chi connectivity index (χ3n) is 5.54. The standard InChI is InChI=1S/C22H17BrFNO4/c23-13-5-8-17-16(10-13)20(26)18-19(12-3-6-14(24)7-4-12)25(22(27)21(18)29-17)11-15-2-1-9-28-15/h3-8,10,15,19H,1-2,9,11H2/t15-,19+/m1/s1. The van der Waals surface area contributed by atoms with Crippen molar-refractivity contribution < 1.29 is 18.3 Å². The van der Waals surface area contributed by atoms with Crippen molar-refractivity contribution in [1.82, 2.24) is 4.90 Å². The number of hydrogen-bond acceptors (Lipinski definition) is 4. The van der Waals surface area contributed by atoms with Gasteiger partial charge in [-0.1, -0.05) is 28.1 Å². The summed E-state index contributed by atoms with van der Waals surface area (Å²) in [5, 5.41) is 0.400. The third-order valence-corrected chi connectivity index (χ3v) is 6.03. The number of amides is 1. The Morgan fingerprint density at radius 2 is 1.93 bits per heavy atom. The first-order valence-electron chi connectivity index (χ1n) is 9.47. The number of benzene rings is 2. The van der Waals surface area contributed by atoms with Gasteiger partial charge in [-0.3, -0.25) is 9.59 Å². The lowest BCUT2D eigenvalue weighted by Crippen LogP contribution is -2.36. The average Bonchev–Trinajstić information content (AvgIpc) is 3.32. The minimum atomic E-state index is -0.637. The zero-order chi connectivity index (χ0) is 20.1. The SMILES string of the molecule is O=C1c2oc3ccc(Br)cc3c(=O)c2[C@H](c2ccc(F)cc2)N1C[C@H]1CCCO1. The summed E-state index contributed by atoms with van der Waals surface area (Å²) in [4.78, 5) is 28.3. The van der Waals surface area contributed by atoms with Gasteiger partial charge in [-0.05, 0) is 48.7 Å². The zero-order valence-electron chi connectivity index (χ0n) is 15.4. The van der Waals surface area contributed by atoms with Gasteiger partial charge in [0.05, 0.1) is 23.1 Å². The van der Waals surface area contributed by atoms with Gasteiger partial charge in [0.15, 0.2) is 5.43 Å². The first-order chi connectivity index (χ1) is 14.0. The van der Waals surface area contributed by atoms with E-state index in [4.69, 9.17) is 9.15 Å². The summed E-state index contributed by atoms with van der Waals surface area (Å²) in [6, 6.07) is 10.4. The van der Waals surface area contributed by atoms with Gasteiger partial charge in [0.1, 0.15) is 11.4 Å². The molecule has 148 valence electrons. The van der Waals surface area contributed by atoms with E-state index in [1.54, 1.807) is 35.2 Å². The first-order valence-corrected chi connectivity index (χ1v) is 10.3. The van der Waals surface area contributed by atoms with E-state index in [9.17, 15) is 14.0 Å². The van der Waals surface area contributed by atoms with Gasteiger partial charge in [-0.2, -0.15) is 0 Å². The van der Waals surface area contributed by atoms with Crippen molar-refractivity contribution in [3.63, 3.8) is 0 Å². The molecule has 0 spiro atoms. The van der Waals surface area contributed by atoms with Gasteiger partial charge in [0.2, 0.25) is 5.76 Å². The van der Waals surface area contributed by atoms with Crippen molar-refractivity contribution in [1.29, 1.82) is 0 Å². The molecule has 5 nitrogen and oxygen atoms in total. The molecule has 0 bridgehead atoms. The molecule has 1 aromatic heterocycles. The van der Waals surface area contributed by atoms with E-state index >= 15 is 0 Å². The van der Waals surface area contributed by atoms with Crippen LogP contribution in [0.2, 0.25) is 0 Å². The zero-order valence-corrected chi connectivity index (χ0v) is 16.9. The Balaban J connectivity index is 1.71. The number of halogens is 2. The minimum absolute atomic E-state index is 0.0529. The average molecular weight is 458 g/mol. The topological polar surface area (TPSA) is 59.8 Å². The maximum atomic E-state index is 13.5. The Bertz CT molecular complexity index is 1170. The molecule has 2 aliphatic heterocycles. The minimum Gasteiger partial charge on any atom is -0.450 e. The molecule has 7 heteroatoms. The van der Waals surface area contributed by atoms with Crippen molar-refractivity contribution >= 4 is 32.8 Å². The van der Waals surface area contributed by atoms with Crippen LogP contribution in [0, 0.1) is 5.82 Å². The number of hydrogen-bond donors (Lipinski definition) is 0. The highest BCUT2D eigenvalue weighted by molar-refractivity contribution is 9.10. The van der Waals surface area contributed by atoms with Crippen LogP contribution in [-0.4, -0.2) is 30.1 Å². The van der Waals surface area contributed by atoms with Crippen LogP contribution in [0.25, 0.3) is 11.0 Å². The summed E-state index contributed by atoms with van der Waals surface area (Å²) in [6.45, 7) is 1.01. The monoisotopic (exact) mass is 457 g/mol. The molecule has 1 amide bonds. The van der Waals surface area contributed by atoms with Crippen LogP contribution in [0.3, 0.4) is 0 Å². The molecule has 3 aromatic rings. The summed E-state index contributed by atoms with van der Waals surface area (Å²) in [7, 11) is 0. The van der Waals surface area contributed by atoms with Crippen LogP contribution in [0.5, 0.6) is 0 Å². The molecular formula is C22H17BrFNO4. The summed E-state index contributed by atoms with van der Waals surface area (Å²) in [5.74, 6) is -0.665. The molecule has 0 N–H and O–H groups in total. The fraction of sp³-hybridized carbons (Fsp3) is 0.273. The van der Waals surface area contributed by atoms with E-state index in [0.717, 1.165) is 17.3 Å². The van der Waals surface area contributed by atoms with Gasteiger partial charge < -0.3 is 14.1 Å². The lowest BCUT2D eigenvalue weighted by atomic mass is 9.98. The molecule has 3 heterocycles. The molecule has 0 aliphatic carbocycles. The second kappa shape index (κ2) is 7.07. The number of nitrogens with zero attached hydrogens (tertiary/aromatic N) is 1. The van der Waals surface area contributed by atoms with Gasteiger partial charge in [-0.25, -0.2) is 4.39 Å². The Morgan fingerprint density at radius 1 is 1.14 bits per heavy atom. The van der Waals surface area contributed by atoms with Crippen LogP contribution >= 0.6 is 15.9 Å². The van der Waals surface area contributed by atoms with Crippen molar-refractivity contribution in [2.24, 2.45) is 0 Å². The number of fused-ring (bicyclic) bond motifs is 2. The predicted octanol–water partition coefficient (Wildman–Crippen LogP) is 4.42. The molecule has 2 aliphatic rings.